The summed E-state index contributed by atoms with van der Waals surface area (Å²) in [5, 5.41) is 17.4. The molecule has 1 aromatic carbocycles. The number of benzene rings is 1. The Morgan fingerprint density at radius 3 is 2.55 bits per heavy atom. The summed E-state index contributed by atoms with van der Waals surface area (Å²) < 4.78 is 5.65. The van der Waals surface area contributed by atoms with Gasteiger partial charge in [-0.05, 0) is 76.6 Å². The summed E-state index contributed by atoms with van der Waals surface area (Å²) in [4.78, 5) is 23.0. The van der Waals surface area contributed by atoms with Gasteiger partial charge >= 0.3 is 0 Å². The third kappa shape index (κ3) is 8.02. The molecule has 3 aliphatic rings. The second kappa shape index (κ2) is 14.7. The molecule has 42 heavy (non-hydrogen) atoms. The van der Waals surface area contributed by atoms with Crippen LogP contribution >= 0.6 is 0 Å². The van der Waals surface area contributed by atoms with Crippen LogP contribution in [0.15, 0.2) is 28.3 Å². The van der Waals surface area contributed by atoms with E-state index in [4.69, 9.17) is 4.74 Å². The zero-order valence-corrected chi connectivity index (χ0v) is 26.7. The van der Waals surface area contributed by atoms with Crippen LogP contribution in [0.25, 0.3) is 0 Å². The number of hydrogen-bond donors (Lipinski definition) is 3. The van der Waals surface area contributed by atoms with Crippen molar-refractivity contribution < 1.29 is 14.6 Å². The minimum Gasteiger partial charge on any atom is -0.381 e. The number of amides is 1. The average Bonchev–Trinajstić information content (AvgIpc) is 2.94. The lowest BCUT2D eigenvalue weighted by molar-refractivity contribution is 0.0845. The number of allylic oxidation sites excluding steroid dienone is 1. The monoisotopic (exact) mass is 577 g/mol. The fraction of sp³-hybridized carbons (Fsp3) is 0.647. The molecule has 3 atom stereocenters. The molecule has 0 radical (unpaired) electrons. The Hall–Kier alpha value is -2.70. The lowest BCUT2D eigenvalue weighted by atomic mass is 9.89. The number of piperazine rings is 1. The maximum absolute atomic E-state index is 13.8. The molecule has 3 heterocycles. The Bertz CT molecular complexity index is 1230. The van der Waals surface area contributed by atoms with Crippen LogP contribution < -0.4 is 15.5 Å². The van der Waals surface area contributed by atoms with Crippen molar-refractivity contribution in [3.8, 4) is 11.8 Å². The first-order chi connectivity index (χ1) is 20.1. The molecule has 0 aromatic heterocycles. The number of hydrogen-bond acceptors (Lipinski definition) is 7. The van der Waals surface area contributed by atoms with Crippen LogP contribution in [-0.2, 0) is 4.74 Å². The van der Waals surface area contributed by atoms with Crippen LogP contribution in [0, 0.1) is 24.7 Å². The number of nitrogens with zero attached hydrogens (tertiary/aromatic N) is 3. The summed E-state index contributed by atoms with van der Waals surface area (Å²) in [5.41, 5.74) is 6.37. The number of aliphatic hydroxyl groups excluding tert-OH is 1. The van der Waals surface area contributed by atoms with Gasteiger partial charge in [-0.1, -0.05) is 31.3 Å². The minimum atomic E-state index is -0.912. The molecule has 2 saturated heterocycles. The number of aliphatic hydroxyl groups is 1. The predicted octanol–water partition coefficient (Wildman–Crippen LogP) is 3.90. The summed E-state index contributed by atoms with van der Waals surface area (Å²) in [6.45, 7) is 20.1. The molecule has 230 valence electrons. The molecule has 0 bridgehead atoms. The van der Waals surface area contributed by atoms with Crippen molar-refractivity contribution >= 4 is 17.3 Å². The van der Waals surface area contributed by atoms with Crippen LogP contribution in [-0.4, -0.2) is 91.9 Å². The van der Waals surface area contributed by atoms with E-state index in [-0.39, 0.29) is 18.4 Å². The van der Waals surface area contributed by atoms with Crippen molar-refractivity contribution in [2.24, 2.45) is 10.9 Å². The summed E-state index contributed by atoms with van der Waals surface area (Å²) >= 11 is 0. The molecular formula is C34H51N5O3. The van der Waals surface area contributed by atoms with Crippen LogP contribution in [0.1, 0.15) is 82.3 Å². The van der Waals surface area contributed by atoms with Gasteiger partial charge in [0.25, 0.3) is 5.91 Å². The minimum absolute atomic E-state index is 0.153. The van der Waals surface area contributed by atoms with Crippen molar-refractivity contribution in [1.29, 1.82) is 0 Å². The van der Waals surface area contributed by atoms with E-state index < -0.39 is 6.23 Å². The summed E-state index contributed by atoms with van der Waals surface area (Å²) in [7, 11) is 0. The molecule has 4 rings (SSSR count). The maximum atomic E-state index is 13.8. The van der Waals surface area contributed by atoms with E-state index in [0.717, 1.165) is 85.8 Å². The number of rotatable bonds is 8. The van der Waals surface area contributed by atoms with Crippen LogP contribution in [0.5, 0.6) is 0 Å². The summed E-state index contributed by atoms with van der Waals surface area (Å²) in [5.74, 6) is 6.91. The lowest BCUT2D eigenvalue weighted by Crippen LogP contribution is -2.54. The van der Waals surface area contributed by atoms with E-state index in [2.05, 4.69) is 78.0 Å². The molecule has 1 aromatic rings. The van der Waals surface area contributed by atoms with Crippen molar-refractivity contribution in [3.05, 3.63) is 40.0 Å². The zero-order chi connectivity index (χ0) is 30.4. The maximum Gasteiger partial charge on any atom is 0.251 e. The molecule has 0 saturated carbocycles. The number of carbonyl (C=O) groups excluding carboxylic acids is 1. The van der Waals surface area contributed by atoms with E-state index >= 15 is 0 Å². The van der Waals surface area contributed by atoms with Gasteiger partial charge in [0.2, 0.25) is 0 Å². The predicted molar refractivity (Wildman–Crippen MR) is 171 cm³/mol. The quantitative estimate of drug-likeness (QED) is 0.321. The van der Waals surface area contributed by atoms with Gasteiger partial charge < -0.3 is 25.4 Å². The number of ether oxygens (including phenoxy) is 1. The first-order valence-electron chi connectivity index (χ1n) is 15.7. The van der Waals surface area contributed by atoms with Crippen molar-refractivity contribution in [2.75, 3.05) is 50.8 Å². The Morgan fingerprint density at radius 1 is 1.21 bits per heavy atom. The third-order valence-electron chi connectivity index (χ3n) is 8.72. The number of carbonyl (C=O) groups is 1. The van der Waals surface area contributed by atoms with Crippen molar-refractivity contribution in [1.82, 2.24) is 15.5 Å². The molecule has 2 fully saturated rings. The highest BCUT2D eigenvalue weighted by molar-refractivity contribution is 5.98. The lowest BCUT2D eigenvalue weighted by Gasteiger charge is -2.36. The molecule has 3 aliphatic heterocycles. The topological polar surface area (TPSA) is 89.4 Å². The molecule has 1 amide bonds. The van der Waals surface area contributed by atoms with Gasteiger partial charge in [-0.15, -0.1) is 0 Å². The number of anilines is 1. The molecule has 0 aliphatic carbocycles. The van der Waals surface area contributed by atoms with Crippen LogP contribution in [0.2, 0.25) is 0 Å². The fourth-order valence-corrected chi connectivity index (χ4v) is 6.69. The van der Waals surface area contributed by atoms with Gasteiger partial charge in [-0.25, -0.2) is 0 Å². The van der Waals surface area contributed by atoms with Gasteiger partial charge in [-0.2, -0.15) is 0 Å². The van der Waals surface area contributed by atoms with Crippen LogP contribution in [0.4, 0.5) is 5.69 Å². The average molecular weight is 578 g/mol. The van der Waals surface area contributed by atoms with Gasteiger partial charge in [0.1, 0.15) is 0 Å². The Morgan fingerprint density at radius 2 is 1.90 bits per heavy atom. The van der Waals surface area contributed by atoms with E-state index in [1.165, 1.54) is 0 Å². The van der Waals surface area contributed by atoms with E-state index in [1.807, 2.05) is 19.9 Å². The van der Waals surface area contributed by atoms with E-state index in [0.29, 0.717) is 30.2 Å². The molecule has 3 N–H and O–H groups in total. The summed E-state index contributed by atoms with van der Waals surface area (Å²) in [6.07, 6.45) is 1.75. The van der Waals surface area contributed by atoms with Gasteiger partial charge in [0.05, 0.1) is 6.54 Å². The SMILES string of the molecule is CCN(c1cc(C#CCN2CC(C)NC(C)C2)cc(C(=O)NCC2=C(C(C)C)CC(C)=NC2O)c1C)C1CCOCC1. The first kappa shape index (κ1) is 32.2. The summed E-state index contributed by atoms with van der Waals surface area (Å²) in [6, 6.07) is 5.33. The Balaban J connectivity index is 1.62. The highest BCUT2D eigenvalue weighted by atomic mass is 16.5. The zero-order valence-electron chi connectivity index (χ0n) is 26.7. The highest BCUT2D eigenvalue weighted by Gasteiger charge is 2.27. The first-order valence-corrected chi connectivity index (χ1v) is 15.7. The van der Waals surface area contributed by atoms with Gasteiger partial charge in [0, 0.05) is 86.5 Å². The fourth-order valence-electron chi connectivity index (χ4n) is 6.69. The molecule has 8 heteroatoms. The second-order valence-corrected chi connectivity index (χ2v) is 12.6. The molecule has 8 nitrogen and oxygen atoms in total. The highest BCUT2D eigenvalue weighted by Crippen LogP contribution is 2.31. The standard InChI is InChI=1S/C34H51N5O3/c1-8-39(28-11-14-42-15-12-28)32-18-27(10-9-13-38-20-24(5)36-25(6)21-38)17-30(26(32)7)33(40)35-19-31-29(22(2)3)16-23(4)37-34(31)41/h17-18,22,24-25,28,34,36,41H,8,11-16,19-21H2,1-7H3,(H,35,40). The largest absolute Gasteiger partial charge is 0.381 e. The van der Waals surface area contributed by atoms with Gasteiger partial charge in [-0.3, -0.25) is 14.7 Å². The normalized spacial score (nSPS) is 23.8. The van der Waals surface area contributed by atoms with Gasteiger partial charge in [0.15, 0.2) is 6.23 Å². The van der Waals surface area contributed by atoms with Crippen molar-refractivity contribution in [3.63, 3.8) is 0 Å². The number of dihydropyridines is 1. The smallest absolute Gasteiger partial charge is 0.251 e. The number of aliphatic imine (C=N–C) groups is 1. The van der Waals surface area contributed by atoms with E-state index in [1.54, 1.807) is 0 Å². The van der Waals surface area contributed by atoms with Crippen molar-refractivity contribution in [2.45, 2.75) is 92.1 Å². The molecule has 3 unspecified atom stereocenters. The molecular weight excluding hydrogens is 526 g/mol. The van der Waals surface area contributed by atoms with E-state index in [9.17, 15) is 9.90 Å². The Labute approximate surface area is 253 Å². The van der Waals surface area contributed by atoms with Crippen LogP contribution in [0.3, 0.4) is 0 Å². The Kier molecular flexibility index (Phi) is 11.2. The number of nitrogens with one attached hydrogen (secondary N) is 2. The second-order valence-electron chi connectivity index (χ2n) is 12.6. The third-order valence-corrected chi connectivity index (χ3v) is 8.72. The molecule has 0 spiro atoms.